The maximum Gasteiger partial charge on any atom is 0.375 e. The summed E-state index contributed by atoms with van der Waals surface area (Å²) in [6, 6.07) is 0. The van der Waals surface area contributed by atoms with Gasteiger partial charge < -0.3 is 9.47 Å². The molecule has 2 aromatic rings. The predicted molar refractivity (Wildman–Crippen MR) is 59.6 cm³/mol. The molecule has 0 saturated heterocycles. The van der Waals surface area contributed by atoms with Crippen molar-refractivity contribution in [1.82, 2.24) is 30.4 Å². The second kappa shape index (κ2) is 5.64. The van der Waals surface area contributed by atoms with E-state index in [4.69, 9.17) is 0 Å². The van der Waals surface area contributed by atoms with E-state index >= 15 is 0 Å². The van der Waals surface area contributed by atoms with Crippen molar-refractivity contribution in [1.29, 1.82) is 0 Å². The molecule has 2 aromatic heterocycles. The van der Waals surface area contributed by atoms with E-state index in [1.807, 2.05) is 0 Å². The topological polar surface area (TPSA) is 160 Å². The van der Waals surface area contributed by atoms with Crippen LogP contribution in [0.4, 0.5) is 11.9 Å². The molecule has 0 amide bonds. The molecule has 0 atom stereocenters. The second-order valence-corrected chi connectivity index (χ2v) is 3.15. The molecule has 0 spiro atoms. The number of carbonyl (C=O) groups is 2. The van der Waals surface area contributed by atoms with Gasteiger partial charge in [-0.15, -0.1) is 20.4 Å². The van der Waals surface area contributed by atoms with Crippen molar-refractivity contribution < 1.29 is 19.1 Å². The number of ether oxygens (including phenoxy) is 2. The standard InChI is InChI=1S/C8H8N8O4/c1-19-5(17)3-9-7(13-11-3)15-16-8-10-4(12-14-8)6(18)20-2/h1-2H3,(H,9,11,13)(H,10,12,14). The average molecular weight is 280 g/mol. The highest BCUT2D eigenvalue weighted by atomic mass is 16.5. The van der Waals surface area contributed by atoms with E-state index in [0.29, 0.717) is 0 Å². The first kappa shape index (κ1) is 13.3. The quantitative estimate of drug-likeness (QED) is 0.580. The Hall–Kier alpha value is -3.18. The SMILES string of the molecule is COC(=O)c1nc(N=Nc2n[nH]c(C(=O)OC)n2)n[nH]1. The van der Waals surface area contributed by atoms with Crippen LogP contribution in [0.25, 0.3) is 0 Å². The van der Waals surface area contributed by atoms with E-state index in [1.54, 1.807) is 0 Å². The molecule has 0 unspecified atom stereocenters. The smallest absolute Gasteiger partial charge is 0.375 e. The Bertz CT molecular complexity index is 603. The van der Waals surface area contributed by atoms with Gasteiger partial charge in [0.05, 0.1) is 14.2 Å². The Morgan fingerprint density at radius 2 is 1.30 bits per heavy atom. The normalized spacial score (nSPS) is 10.7. The van der Waals surface area contributed by atoms with Crippen molar-refractivity contribution in [2.24, 2.45) is 10.2 Å². The van der Waals surface area contributed by atoms with E-state index < -0.39 is 11.9 Å². The van der Waals surface area contributed by atoms with Gasteiger partial charge >= 0.3 is 11.9 Å². The third-order valence-corrected chi connectivity index (χ3v) is 1.93. The highest BCUT2D eigenvalue weighted by molar-refractivity contribution is 5.85. The van der Waals surface area contributed by atoms with Gasteiger partial charge in [0.25, 0.3) is 11.9 Å². The number of nitrogens with one attached hydrogen (secondary N) is 2. The average Bonchev–Trinajstić information content (AvgIpc) is 3.12. The lowest BCUT2D eigenvalue weighted by molar-refractivity contribution is 0.0578. The van der Waals surface area contributed by atoms with Crippen molar-refractivity contribution in [2.75, 3.05) is 14.2 Å². The summed E-state index contributed by atoms with van der Waals surface area (Å²) in [6.45, 7) is 0. The molecule has 104 valence electrons. The lowest BCUT2D eigenvalue weighted by atomic mass is 10.6. The zero-order valence-corrected chi connectivity index (χ0v) is 10.3. The van der Waals surface area contributed by atoms with Gasteiger partial charge in [0.15, 0.2) is 0 Å². The lowest BCUT2D eigenvalue weighted by Crippen LogP contribution is -2.03. The molecule has 0 aliphatic heterocycles. The van der Waals surface area contributed by atoms with Crippen LogP contribution < -0.4 is 0 Å². The van der Waals surface area contributed by atoms with Gasteiger partial charge in [-0.25, -0.2) is 9.59 Å². The van der Waals surface area contributed by atoms with Crippen LogP contribution in [0.15, 0.2) is 10.2 Å². The molecule has 0 fully saturated rings. The first-order valence-corrected chi connectivity index (χ1v) is 5.07. The number of aromatic amines is 2. The van der Waals surface area contributed by atoms with Crippen LogP contribution in [-0.2, 0) is 9.47 Å². The maximum absolute atomic E-state index is 11.1. The number of rotatable bonds is 4. The van der Waals surface area contributed by atoms with Gasteiger partial charge in [-0.05, 0) is 0 Å². The highest BCUT2D eigenvalue weighted by Crippen LogP contribution is 2.10. The number of hydrogen-bond donors (Lipinski definition) is 2. The number of nitrogens with zero attached hydrogens (tertiary/aromatic N) is 6. The van der Waals surface area contributed by atoms with E-state index in [-0.39, 0.29) is 23.5 Å². The number of aromatic nitrogens is 6. The Morgan fingerprint density at radius 1 is 0.900 bits per heavy atom. The number of hydrogen-bond acceptors (Lipinski definition) is 10. The van der Waals surface area contributed by atoms with Crippen molar-refractivity contribution >= 4 is 23.8 Å². The monoisotopic (exact) mass is 280 g/mol. The van der Waals surface area contributed by atoms with Crippen LogP contribution in [-0.4, -0.2) is 56.5 Å². The largest absolute Gasteiger partial charge is 0.463 e. The molecule has 0 saturated carbocycles. The summed E-state index contributed by atoms with van der Waals surface area (Å²) in [5.74, 6) is -1.85. The first-order valence-electron chi connectivity index (χ1n) is 5.07. The summed E-state index contributed by atoms with van der Waals surface area (Å²) in [5.41, 5.74) is 0. The highest BCUT2D eigenvalue weighted by Gasteiger charge is 2.13. The van der Waals surface area contributed by atoms with Crippen LogP contribution in [0.2, 0.25) is 0 Å². The first-order chi connectivity index (χ1) is 9.63. The molecule has 0 radical (unpaired) electrons. The zero-order valence-electron chi connectivity index (χ0n) is 10.3. The van der Waals surface area contributed by atoms with Crippen LogP contribution >= 0.6 is 0 Å². The number of methoxy groups -OCH3 is 2. The summed E-state index contributed by atoms with van der Waals surface area (Å²) in [4.78, 5) is 29.6. The van der Waals surface area contributed by atoms with Gasteiger partial charge in [0.1, 0.15) is 0 Å². The van der Waals surface area contributed by atoms with Crippen LogP contribution in [0.3, 0.4) is 0 Å². The molecule has 2 rings (SSSR count). The summed E-state index contributed by atoms with van der Waals surface area (Å²) in [5, 5.41) is 19.0. The summed E-state index contributed by atoms with van der Waals surface area (Å²) < 4.78 is 8.86. The second-order valence-electron chi connectivity index (χ2n) is 3.15. The number of azo groups is 1. The molecule has 0 aliphatic carbocycles. The third-order valence-electron chi connectivity index (χ3n) is 1.93. The minimum atomic E-state index is -0.690. The fraction of sp³-hybridized carbons (Fsp3) is 0.250. The van der Waals surface area contributed by atoms with Gasteiger partial charge in [-0.2, -0.15) is 9.97 Å². The number of H-pyrrole nitrogens is 2. The molecular formula is C8H8N8O4. The van der Waals surface area contributed by atoms with E-state index in [9.17, 15) is 9.59 Å². The summed E-state index contributed by atoms with van der Waals surface area (Å²) in [6.07, 6.45) is 0. The minimum absolute atomic E-state index is 0.116. The van der Waals surface area contributed by atoms with E-state index in [0.717, 1.165) is 0 Å². The lowest BCUT2D eigenvalue weighted by Gasteiger charge is -1.89. The molecule has 12 heteroatoms. The maximum atomic E-state index is 11.1. The van der Waals surface area contributed by atoms with Crippen LogP contribution in [0.1, 0.15) is 21.2 Å². The third kappa shape index (κ3) is 2.80. The van der Waals surface area contributed by atoms with E-state index in [2.05, 4.69) is 50.1 Å². The Kier molecular flexibility index (Phi) is 3.74. The molecule has 20 heavy (non-hydrogen) atoms. The molecule has 0 aliphatic rings. The van der Waals surface area contributed by atoms with Gasteiger partial charge in [0, 0.05) is 0 Å². The Labute approximate surface area is 110 Å². The van der Waals surface area contributed by atoms with Gasteiger partial charge in [-0.3, -0.25) is 10.2 Å². The van der Waals surface area contributed by atoms with Gasteiger partial charge in [0.2, 0.25) is 11.6 Å². The fourth-order valence-corrected chi connectivity index (χ4v) is 1.06. The van der Waals surface area contributed by atoms with Crippen molar-refractivity contribution in [3.8, 4) is 0 Å². The van der Waals surface area contributed by atoms with Gasteiger partial charge in [-0.1, -0.05) is 0 Å². The van der Waals surface area contributed by atoms with Crippen LogP contribution in [0.5, 0.6) is 0 Å². The molecule has 2 heterocycles. The molecule has 0 bridgehead atoms. The summed E-state index contributed by atoms with van der Waals surface area (Å²) >= 11 is 0. The van der Waals surface area contributed by atoms with Crippen molar-refractivity contribution in [2.45, 2.75) is 0 Å². The number of carbonyl (C=O) groups excluding carboxylic acids is 2. The molecule has 2 N–H and O–H groups in total. The Balaban J connectivity index is 2.09. The zero-order chi connectivity index (χ0) is 14.5. The van der Waals surface area contributed by atoms with Crippen molar-refractivity contribution in [3.63, 3.8) is 0 Å². The predicted octanol–water partition coefficient (Wildman–Crippen LogP) is -0.0886. The fourth-order valence-electron chi connectivity index (χ4n) is 1.06. The molecular weight excluding hydrogens is 272 g/mol. The number of esters is 2. The Morgan fingerprint density at radius 3 is 1.65 bits per heavy atom. The van der Waals surface area contributed by atoms with E-state index in [1.165, 1.54) is 14.2 Å². The van der Waals surface area contributed by atoms with Crippen molar-refractivity contribution in [3.05, 3.63) is 11.6 Å². The molecule has 0 aromatic carbocycles. The summed E-state index contributed by atoms with van der Waals surface area (Å²) in [7, 11) is 2.40. The van der Waals surface area contributed by atoms with Crippen LogP contribution in [0, 0.1) is 0 Å². The molecule has 12 nitrogen and oxygen atoms in total. The minimum Gasteiger partial charge on any atom is -0.463 e.